The molecule has 1 fully saturated rings. The lowest BCUT2D eigenvalue weighted by Gasteiger charge is -2.37. The van der Waals surface area contributed by atoms with Gasteiger partial charge in [-0.15, -0.1) is 0 Å². The van der Waals surface area contributed by atoms with Crippen molar-refractivity contribution < 1.29 is 13.9 Å². The number of fused-ring (bicyclic) bond motifs is 1. The second kappa shape index (κ2) is 12.7. The molecule has 0 N–H and O–H groups in total. The summed E-state index contributed by atoms with van der Waals surface area (Å²) in [6, 6.07) is 9.92. The molecule has 240 valence electrons. The minimum atomic E-state index is -0.647. The molecule has 1 aromatic carbocycles. The molecular formula is C34H37ClFN7O3. The second-order valence-electron chi connectivity index (χ2n) is 12.9. The third-order valence-electron chi connectivity index (χ3n) is 7.76. The average Bonchev–Trinajstić information content (AvgIpc) is 2.99. The van der Waals surface area contributed by atoms with Crippen molar-refractivity contribution in [3.63, 3.8) is 0 Å². The molecule has 0 radical (unpaired) electrons. The number of carbonyl (C=O) groups is 1. The van der Waals surface area contributed by atoms with E-state index in [9.17, 15) is 14.9 Å². The standard InChI is InChI=1S/C34H37ClFN7O3/c1-19(2)26-30(27(20(3)4)39-18-38-26)43-31-22(16-24(35)28(40-31)21-10-8-9-11-25(21)36)29(23(17-37)32(43)44)41-12-14-42(15-13-41)33(45)46-34(5,6)7/h8-11,16,18-20H,12-15H2,1-7H3. The lowest BCUT2D eigenvalue weighted by atomic mass is 10.00. The number of anilines is 1. The van der Waals surface area contributed by atoms with Crippen molar-refractivity contribution in [2.24, 2.45) is 0 Å². The first kappa shape index (κ1) is 32.8. The predicted molar refractivity (Wildman–Crippen MR) is 176 cm³/mol. The fraction of sp³-hybridized carbons (Fsp3) is 0.412. The molecule has 10 nitrogen and oxygen atoms in total. The summed E-state index contributed by atoms with van der Waals surface area (Å²) in [6.07, 6.45) is 1.04. The summed E-state index contributed by atoms with van der Waals surface area (Å²) in [5.74, 6) is -0.741. The number of piperazine rings is 1. The lowest BCUT2D eigenvalue weighted by molar-refractivity contribution is 0.0240. The van der Waals surface area contributed by atoms with E-state index >= 15 is 4.39 Å². The molecule has 5 rings (SSSR count). The Bertz CT molecular complexity index is 1890. The summed E-state index contributed by atoms with van der Waals surface area (Å²) in [4.78, 5) is 44.8. The van der Waals surface area contributed by atoms with E-state index in [0.29, 0.717) is 54.3 Å². The quantitative estimate of drug-likeness (QED) is 0.232. The predicted octanol–water partition coefficient (Wildman–Crippen LogP) is 6.81. The van der Waals surface area contributed by atoms with Crippen molar-refractivity contribution in [1.82, 2.24) is 24.4 Å². The van der Waals surface area contributed by atoms with Crippen LogP contribution in [0.5, 0.6) is 0 Å². The first-order valence-electron chi connectivity index (χ1n) is 15.3. The fourth-order valence-corrected chi connectivity index (χ4v) is 5.92. The molecule has 1 amide bonds. The van der Waals surface area contributed by atoms with E-state index in [1.165, 1.54) is 17.0 Å². The molecule has 46 heavy (non-hydrogen) atoms. The molecule has 4 heterocycles. The Morgan fingerprint density at radius 3 is 2.17 bits per heavy atom. The Morgan fingerprint density at radius 1 is 1.02 bits per heavy atom. The van der Waals surface area contributed by atoms with E-state index in [1.54, 1.807) is 49.9 Å². The van der Waals surface area contributed by atoms with E-state index in [1.807, 2.05) is 32.6 Å². The van der Waals surface area contributed by atoms with Gasteiger partial charge in [0.2, 0.25) is 0 Å². The van der Waals surface area contributed by atoms with Crippen LogP contribution in [0.15, 0.2) is 41.5 Å². The van der Waals surface area contributed by atoms with E-state index in [-0.39, 0.29) is 39.3 Å². The third kappa shape index (κ3) is 6.14. The molecule has 4 aromatic rings. The number of hydrogen-bond acceptors (Lipinski definition) is 8. The van der Waals surface area contributed by atoms with Crippen molar-refractivity contribution in [3.05, 3.63) is 74.8 Å². The van der Waals surface area contributed by atoms with Crippen molar-refractivity contribution in [2.75, 3.05) is 31.1 Å². The summed E-state index contributed by atoms with van der Waals surface area (Å²) in [5.41, 5.74) is 1.16. The van der Waals surface area contributed by atoms with Crippen LogP contribution in [0.3, 0.4) is 0 Å². The van der Waals surface area contributed by atoms with E-state index < -0.39 is 23.1 Å². The Balaban J connectivity index is 1.81. The van der Waals surface area contributed by atoms with E-state index in [2.05, 4.69) is 16.0 Å². The second-order valence-corrected chi connectivity index (χ2v) is 13.3. The number of aromatic nitrogens is 4. The van der Waals surface area contributed by atoms with Crippen LogP contribution in [0, 0.1) is 17.1 Å². The van der Waals surface area contributed by atoms with Gasteiger partial charge in [-0.25, -0.2) is 24.1 Å². The summed E-state index contributed by atoms with van der Waals surface area (Å²) in [6.45, 7) is 14.5. The zero-order valence-corrected chi connectivity index (χ0v) is 27.8. The number of nitriles is 1. The molecule has 0 aliphatic carbocycles. The highest BCUT2D eigenvalue weighted by atomic mass is 35.5. The smallest absolute Gasteiger partial charge is 0.410 e. The zero-order chi connectivity index (χ0) is 33.5. The molecule has 1 saturated heterocycles. The highest BCUT2D eigenvalue weighted by Gasteiger charge is 2.32. The van der Waals surface area contributed by atoms with E-state index in [0.717, 1.165) is 0 Å². The van der Waals surface area contributed by atoms with Crippen LogP contribution in [0.1, 0.15) is 77.3 Å². The van der Waals surface area contributed by atoms with Crippen LogP contribution in [-0.4, -0.2) is 62.3 Å². The average molecular weight is 646 g/mol. The highest BCUT2D eigenvalue weighted by Crippen LogP contribution is 2.38. The summed E-state index contributed by atoms with van der Waals surface area (Å²) in [5, 5.41) is 11.1. The number of rotatable bonds is 5. The number of amides is 1. The number of nitrogens with zero attached hydrogens (tertiary/aromatic N) is 7. The highest BCUT2D eigenvalue weighted by molar-refractivity contribution is 6.34. The molecule has 3 aromatic heterocycles. The largest absolute Gasteiger partial charge is 0.444 e. The first-order valence-corrected chi connectivity index (χ1v) is 15.6. The van der Waals surface area contributed by atoms with Gasteiger partial charge in [-0.3, -0.25) is 9.36 Å². The van der Waals surface area contributed by atoms with Crippen molar-refractivity contribution in [2.45, 2.75) is 65.9 Å². The molecule has 0 unspecified atom stereocenters. The van der Waals surface area contributed by atoms with Crippen LogP contribution >= 0.6 is 11.6 Å². The molecule has 1 aliphatic rings. The Hall–Kier alpha value is -4.56. The minimum absolute atomic E-state index is 0.108. The van der Waals surface area contributed by atoms with E-state index in [4.69, 9.17) is 21.3 Å². The molecule has 0 atom stereocenters. The van der Waals surface area contributed by atoms with Crippen molar-refractivity contribution in [1.29, 1.82) is 5.26 Å². The molecule has 12 heteroatoms. The van der Waals surface area contributed by atoms with Crippen molar-refractivity contribution >= 4 is 34.4 Å². The van der Waals surface area contributed by atoms with Crippen LogP contribution in [0.2, 0.25) is 5.02 Å². The van der Waals surface area contributed by atoms with Crippen LogP contribution in [0.25, 0.3) is 28.0 Å². The number of hydrogen-bond donors (Lipinski definition) is 0. The van der Waals surface area contributed by atoms with Gasteiger partial charge < -0.3 is 14.5 Å². The summed E-state index contributed by atoms with van der Waals surface area (Å²) in [7, 11) is 0. The third-order valence-corrected chi connectivity index (χ3v) is 8.05. The maximum atomic E-state index is 15.1. The molecule has 0 saturated carbocycles. The van der Waals surface area contributed by atoms with Gasteiger partial charge in [0.1, 0.15) is 35.0 Å². The minimum Gasteiger partial charge on any atom is -0.444 e. The van der Waals surface area contributed by atoms with Gasteiger partial charge in [-0.05, 0) is 50.8 Å². The zero-order valence-electron chi connectivity index (χ0n) is 27.1. The van der Waals surface area contributed by atoms with Gasteiger partial charge in [-0.2, -0.15) is 5.26 Å². The number of halogens is 2. The maximum absolute atomic E-state index is 15.1. The molecule has 0 spiro atoms. The first-order chi connectivity index (χ1) is 21.7. The monoisotopic (exact) mass is 645 g/mol. The molecular weight excluding hydrogens is 609 g/mol. The summed E-state index contributed by atoms with van der Waals surface area (Å²) < 4.78 is 22.1. The van der Waals surface area contributed by atoms with Crippen LogP contribution < -0.4 is 10.5 Å². The van der Waals surface area contributed by atoms with Gasteiger partial charge >= 0.3 is 6.09 Å². The SMILES string of the molecule is CC(C)c1ncnc(C(C)C)c1-n1c(=O)c(C#N)c(N2CCN(C(=O)OC(C)(C)C)CC2)c2cc(Cl)c(-c3ccccc3F)nc21. The topological polar surface area (TPSA) is 117 Å². The Kier molecular flexibility index (Phi) is 9.05. The van der Waals surface area contributed by atoms with Crippen LogP contribution in [0.4, 0.5) is 14.9 Å². The Labute approximate surface area is 272 Å². The summed E-state index contributed by atoms with van der Waals surface area (Å²) >= 11 is 6.83. The number of carbonyl (C=O) groups excluding carboxylic acids is 1. The maximum Gasteiger partial charge on any atom is 0.410 e. The van der Waals surface area contributed by atoms with Crippen LogP contribution in [-0.2, 0) is 4.74 Å². The number of pyridine rings is 2. The van der Waals surface area contributed by atoms with Gasteiger partial charge in [-0.1, -0.05) is 51.4 Å². The number of benzene rings is 1. The molecule has 0 bridgehead atoms. The molecule has 1 aliphatic heterocycles. The van der Waals surface area contributed by atoms with Gasteiger partial charge in [0.05, 0.1) is 33.5 Å². The number of ether oxygens (including phenoxy) is 1. The van der Waals surface area contributed by atoms with Crippen molar-refractivity contribution in [3.8, 4) is 23.0 Å². The lowest BCUT2D eigenvalue weighted by Crippen LogP contribution is -2.50. The van der Waals surface area contributed by atoms with Gasteiger partial charge in [0, 0.05) is 37.1 Å². The normalized spacial score (nSPS) is 13.9. The fourth-order valence-electron chi connectivity index (χ4n) is 5.67. The van der Waals surface area contributed by atoms with Gasteiger partial charge in [0.15, 0.2) is 0 Å². The van der Waals surface area contributed by atoms with Gasteiger partial charge in [0.25, 0.3) is 5.56 Å². The Morgan fingerprint density at radius 2 is 1.63 bits per heavy atom.